The highest BCUT2D eigenvalue weighted by Crippen LogP contribution is 2.40. The number of urea groups is 1. The first-order chi connectivity index (χ1) is 19.2. The summed E-state index contributed by atoms with van der Waals surface area (Å²) in [6, 6.07) is 9.51. The van der Waals surface area contributed by atoms with Crippen LogP contribution in [0.5, 0.6) is 5.75 Å². The Morgan fingerprint density at radius 2 is 1.75 bits per heavy atom. The zero-order chi connectivity index (χ0) is 28.7. The number of amides is 5. The molecule has 5 rings (SSSR count). The number of hydrogen-bond donors (Lipinski definition) is 2. The van der Waals surface area contributed by atoms with Crippen LogP contribution < -0.4 is 30.3 Å². The summed E-state index contributed by atoms with van der Waals surface area (Å²) in [5.74, 6) is -2.82. The summed E-state index contributed by atoms with van der Waals surface area (Å²) in [7, 11) is 1.53. The van der Waals surface area contributed by atoms with Crippen molar-refractivity contribution in [2.24, 2.45) is 10.9 Å². The summed E-state index contributed by atoms with van der Waals surface area (Å²) in [5, 5.41) is 5.77. The van der Waals surface area contributed by atoms with Crippen LogP contribution in [0.3, 0.4) is 0 Å². The predicted octanol–water partition coefficient (Wildman–Crippen LogP) is 1.20. The molecular weight excluding hydrogens is 534 g/mol. The average molecular weight is 562 g/mol. The van der Waals surface area contributed by atoms with Crippen LogP contribution >= 0.6 is 11.3 Å². The number of allylic oxidation sites excluding steroid dienone is 1. The van der Waals surface area contributed by atoms with Crippen LogP contribution in [0.2, 0.25) is 0 Å². The zero-order valence-corrected chi connectivity index (χ0v) is 23.1. The lowest BCUT2D eigenvalue weighted by Crippen LogP contribution is -2.55. The van der Waals surface area contributed by atoms with Crippen molar-refractivity contribution >= 4 is 51.9 Å². The Balaban J connectivity index is 1.82. The van der Waals surface area contributed by atoms with E-state index in [1.807, 2.05) is 54.8 Å². The number of imide groups is 2. The third kappa shape index (κ3) is 4.39. The molecule has 0 radical (unpaired) electrons. The number of likely N-dealkylation sites (N-methyl/N-ethyl adjacent to an activating group) is 1. The second-order valence-corrected chi connectivity index (χ2v) is 10.3. The van der Waals surface area contributed by atoms with Crippen molar-refractivity contribution in [3.05, 3.63) is 72.9 Å². The van der Waals surface area contributed by atoms with Gasteiger partial charge >= 0.3 is 6.03 Å². The molecule has 2 N–H and O–H groups in total. The maximum absolute atomic E-state index is 14.0. The molecule has 5 amide bonds. The second kappa shape index (κ2) is 10.5. The van der Waals surface area contributed by atoms with Gasteiger partial charge < -0.3 is 9.64 Å². The van der Waals surface area contributed by atoms with E-state index in [-0.39, 0.29) is 10.4 Å². The Morgan fingerprint density at radius 1 is 1.07 bits per heavy atom. The number of hydrogen-bond acceptors (Lipinski definition) is 8. The van der Waals surface area contributed by atoms with Gasteiger partial charge in [-0.05, 0) is 43.7 Å². The molecule has 1 fully saturated rings. The number of carbonyl (C=O) groups excluding carboxylic acids is 4. The lowest BCUT2D eigenvalue weighted by molar-refractivity contribution is -0.133. The quantitative estimate of drug-likeness (QED) is 0.434. The third-order valence-corrected chi connectivity index (χ3v) is 8.08. The average Bonchev–Trinajstić information content (AvgIpc) is 3.24. The molecule has 1 saturated heterocycles. The van der Waals surface area contributed by atoms with Gasteiger partial charge in [0.05, 0.1) is 22.9 Å². The normalized spacial score (nSPS) is 17.9. The van der Waals surface area contributed by atoms with Crippen molar-refractivity contribution in [3.63, 3.8) is 0 Å². The molecule has 3 aromatic rings. The maximum atomic E-state index is 14.0. The fourth-order valence-electron chi connectivity index (χ4n) is 5.13. The highest BCUT2D eigenvalue weighted by Gasteiger charge is 2.37. The van der Waals surface area contributed by atoms with Crippen LogP contribution in [-0.4, -0.2) is 53.4 Å². The standard InChI is InChI=1S/C28H27N5O6S/c1-5-32(6-2)26(37)20-14(3)29-28-33(22(20)21-16-10-8-7-9-15(16)11-12-18(21)39-4)25(36)19(40-28)13-17-23(34)30-27(38)31-24(17)35/h7-13,17,22H,5-6H2,1-4H3,(H2,30,31,34,35,38)/b19-13-/t22-/m0/s1. The molecule has 2 aromatic carbocycles. The summed E-state index contributed by atoms with van der Waals surface area (Å²) in [6.45, 7) is 6.41. The van der Waals surface area contributed by atoms with Crippen LogP contribution in [0.15, 0.2) is 57.5 Å². The van der Waals surface area contributed by atoms with Crippen LogP contribution in [0.4, 0.5) is 4.79 Å². The molecule has 206 valence electrons. The number of nitrogens with zero attached hydrogens (tertiary/aromatic N) is 3. The van der Waals surface area contributed by atoms with Crippen molar-refractivity contribution in [3.8, 4) is 5.75 Å². The zero-order valence-electron chi connectivity index (χ0n) is 22.3. The van der Waals surface area contributed by atoms with Crippen LogP contribution in [0, 0.1) is 5.92 Å². The van der Waals surface area contributed by atoms with E-state index in [1.165, 1.54) is 17.8 Å². The van der Waals surface area contributed by atoms with Crippen molar-refractivity contribution in [1.82, 2.24) is 20.1 Å². The molecule has 40 heavy (non-hydrogen) atoms. The van der Waals surface area contributed by atoms with Gasteiger partial charge in [0.2, 0.25) is 11.8 Å². The number of fused-ring (bicyclic) bond motifs is 2. The Bertz CT molecular complexity index is 1780. The lowest BCUT2D eigenvalue weighted by atomic mass is 9.90. The minimum Gasteiger partial charge on any atom is -0.496 e. The molecule has 0 unspecified atom stereocenters. The smallest absolute Gasteiger partial charge is 0.328 e. The first-order valence-electron chi connectivity index (χ1n) is 12.7. The van der Waals surface area contributed by atoms with Crippen LogP contribution in [-0.2, 0) is 14.4 Å². The second-order valence-electron chi connectivity index (χ2n) is 9.27. The molecule has 1 aromatic heterocycles. The summed E-state index contributed by atoms with van der Waals surface area (Å²) in [6.07, 6.45) is 1.23. The molecule has 0 bridgehead atoms. The number of rotatable bonds is 6. The number of barbiturate groups is 1. The van der Waals surface area contributed by atoms with E-state index in [4.69, 9.17) is 4.74 Å². The largest absolute Gasteiger partial charge is 0.496 e. The SMILES string of the molecule is CCN(CC)C(=O)C1=C(C)N=c2s/c(=C\C3C(=O)NC(=O)NC3=O)c(=O)n2[C@@H]1c1c(OC)ccc2ccccc12. The number of nitrogens with one attached hydrogen (secondary N) is 2. The minimum atomic E-state index is -1.39. The molecular formula is C28H27N5O6S. The molecule has 0 spiro atoms. The highest BCUT2D eigenvalue weighted by molar-refractivity contribution is 7.07. The molecule has 0 saturated carbocycles. The summed E-state index contributed by atoms with van der Waals surface area (Å²) in [4.78, 5) is 70.9. The topological polar surface area (TPSA) is 139 Å². The third-order valence-electron chi connectivity index (χ3n) is 7.08. The molecule has 11 nitrogen and oxygen atoms in total. The summed E-state index contributed by atoms with van der Waals surface area (Å²) >= 11 is 0.999. The number of carbonyl (C=O) groups is 4. The van der Waals surface area contributed by atoms with Gasteiger partial charge in [-0.2, -0.15) is 0 Å². The molecule has 3 heterocycles. The van der Waals surface area contributed by atoms with Gasteiger partial charge in [0.1, 0.15) is 17.7 Å². The van der Waals surface area contributed by atoms with E-state index in [0.717, 1.165) is 22.1 Å². The molecule has 0 aliphatic carbocycles. The number of aromatic nitrogens is 1. The molecule has 12 heteroatoms. The fourth-order valence-corrected chi connectivity index (χ4v) is 6.19. The van der Waals surface area contributed by atoms with Gasteiger partial charge in [0.15, 0.2) is 4.80 Å². The maximum Gasteiger partial charge on any atom is 0.328 e. The van der Waals surface area contributed by atoms with Crippen LogP contribution in [0.1, 0.15) is 32.4 Å². The first-order valence-corrected chi connectivity index (χ1v) is 13.5. The molecule has 1 atom stereocenters. The van der Waals surface area contributed by atoms with E-state index in [2.05, 4.69) is 4.99 Å². The lowest BCUT2D eigenvalue weighted by Gasteiger charge is -2.30. The van der Waals surface area contributed by atoms with E-state index in [0.29, 0.717) is 40.5 Å². The van der Waals surface area contributed by atoms with Crippen molar-refractivity contribution in [2.75, 3.05) is 20.2 Å². The van der Waals surface area contributed by atoms with Crippen molar-refractivity contribution < 1.29 is 23.9 Å². The van der Waals surface area contributed by atoms with E-state index in [9.17, 15) is 24.0 Å². The van der Waals surface area contributed by atoms with Crippen LogP contribution in [0.25, 0.3) is 16.8 Å². The van der Waals surface area contributed by atoms with Gasteiger partial charge in [-0.15, -0.1) is 0 Å². The number of ether oxygens (including phenoxy) is 1. The predicted molar refractivity (Wildman–Crippen MR) is 148 cm³/mol. The van der Waals surface area contributed by atoms with E-state index < -0.39 is 35.4 Å². The van der Waals surface area contributed by atoms with Gasteiger partial charge in [-0.3, -0.25) is 34.4 Å². The Hall–Kier alpha value is -4.58. The van der Waals surface area contributed by atoms with Crippen molar-refractivity contribution in [1.29, 1.82) is 0 Å². The molecule has 2 aliphatic rings. The highest BCUT2D eigenvalue weighted by atomic mass is 32.1. The molecule has 2 aliphatic heterocycles. The summed E-state index contributed by atoms with van der Waals surface area (Å²) in [5.41, 5.74) is 0.870. The number of methoxy groups -OCH3 is 1. The first kappa shape index (κ1) is 27.0. The number of benzene rings is 2. The van der Waals surface area contributed by atoms with Gasteiger partial charge in [0.25, 0.3) is 11.5 Å². The summed E-state index contributed by atoms with van der Waals surface area (Å²) < 4.78 is 7.27. The van der Waals surface area contributed by atoms with Gasteiger partial charge in [-0.25, -0.2) is 9.79 Å². The Morgan fingerprint density at radius 3 is 2.40 bits per heavy atom. The van der Waals surface area contributed by atoms with Crippen molar-refractivity contribution in [2.45, 2.75) is 26.8 Å². The van der Waals surface area contributed by atoms with E-state index >= 15 is 0 Å². The van der Waals surface area contributed by atoms with Gasteiger partial charge in [-0.1, -0.05) is 41.7 Å². The van der Waals surface area contributed by atoms with E-state index in [1.54, 1.807) is 17.9 Å². The Labute approximate surface area is 232 Å². The van der Waals surface area contributed by atoms with Gasteiger partial charge in [0, 0.05) is 18.7 Å². The minimum absolute atomic E-state index is 0.0805. The fraction of sp³-hybridized carbons (Fsp3) is 0.286. The monoisotopic (exact) mass is 561 g/mol. The Kier molecular flexibility index (Phi) is 7.11. The number of thiazole rings is 1.